The van der Waals surface area contributed by atoms with E-state index in [0.29, 0.717) is 15.8 Å². The number of halogens is 9. The number of hydrogen-bond acceptors (Lipinski definition) is 6. The highest BCUT2D eigenvalue weighted by Gasteiger charge is 2.74. The highest BCUT2D eigenvalue weighted by Crippen LogP contribution is 2.51. The average molecular weight is 678 g/mol. The van der Waals surface area contributed by atoms with Crippen molar-refractivity contribution in [2.24, 2.45) is 0 Å². The molecular formula is C27H20Cl2F7N7O2. The van der Waals surface area contributed by atoms with Crippen LogP contribution in [0.4, 0.5) is 30.7 Å². The van der Waals surface area contributed by atoms with E-state index in [4.69, 9.17) is 23.2 Å². The Morgan fingerprint density at radius 2 is 1.78 bits per heavy atom. The summed E-state index contributed by atoms with van der Waals surface area (Å²) in [5.74, 6) is -13.2. The lowest BCUT2D eigenvalue weighted by Gasteiger charge is -2.26. The van der Waals surface area contributed by atoms with Crippen LogP contribution in [0.25, 0.3) is 5.82 Å². The van der Waals surface area contributed by atoms with Crippen molar-refractivity contribution in [3.63, 3.8) is 0 Å². The summed E-state index contributed by atoms with van der Waals surface area (Å²) in [4.78, 5) is 30.8. The van der Waals surface area contributed by atoms with Crippen LogP contribution in [0, 0.1) is 6.92 Å². The fraction of sp³-hybridized carbons (Fsp3) is 0.333. The summed E-state index contributed by atoms with van der Waals surface area (Å²) in [6.07, 6.45) is -3.66. The maximum absolute atomic E-state index is 14.1. The number of Topliss-reactive ketones (excluding diaryl/α,β-unsaturated/α-hetero) is 1. The second-order valence-corrected chi connectivity index (χ2v) is 11.1. The molecule has 0 saturated heterocycles. The van der Waals surface area contributed by atoms with Crippen molar-refractivity contribution >= 4 is 34.9 Å². The molecule has 4 aromatic rings. The van der Waals surface area contributed by atoms with Gasteiger partial charge in [-0.1, -0.05) is 28.4 Å². The lowest BCUT2D eigenvalue weighted by Crippen LogP contribution is -2.50. The third-order valence-corrected chi connectivity index (χ3v) is 7.37. The third-order valence-electron chi connectivity index (χ3n) is 6.85. The monoisotopic (exact) mass is 677 g/mol. The fourth-order valence-corrected chi connectivity index (χ4v) is 4.85. The molecule has 9 nitrogen and oxygen atoms in total. The van der Waals surface area contributed by atoms with E-state index < -0.39 is 42.0 Å². The van der Waals surface area contributed by atoms with Crippen LogP contribution in [0.2, 0.25) is 10.0 Å². The number of nitrogens with one attached hydrogen (secondary N) is 1. The van der Waals surface area contributed by atoms with Crippen molar-refractivity contribution in [1.29, 1.82) is 0 Å². The second-order valence-electron chi connectivity index (χ2n) is 10.3. The molecule has 3 heterocycles. The average Bonchev–Trinajstić information content (AvgIpc) is 3.46. The maximum atomic E-state index is 14.1. The van der Waals surface area contributed by atoms with Gasteiger partial charge in [0.05, 0.1) is 23.5 Å². The lowest BCUT2D eigenvalue weighted by atomic mass is 9.95. The van der Waals surface area contributed by atoms with Crippen molar-refractivity contribution < 1.29 is 40.3 Å². The molecule has 1 aromatic carbocycles. The number of benzene rings is 1. The lowest BCUT2D eigenvalue weighted by molar-refractivity contribution is -0.360. The molecule has 0 bridgehead atoms. The number of aromatic nitrogens is 6. The number of rotatable bonds is 10. The van der Waals surface area contributed by atoms with E-state index >= 15 is 0 Å². The number of carbonyl (C=O) groups is 2. The standard InChI is InChI=1S/C27H20Cl2F7N7O2/c1-13-7-14(28)8-18(24(45)38-15-4-5-15)17(13)10-21(44)20-9-16(40-43(20)23-19(29)3-2-6-37-23)11-42-12-22(39-41-42)25(30,31)26(32,33)27(34,35)36/h2-3,6-9,12,15H,4-5,10-11H2,1H3,(H,38,45). The first-order valence-corrected chi connectivity index (χ1v) is 13.8. The van der Waals surface area contributed by atoms with Gasteiger partial charge in [0.25, 0.3) is 5.91 Å². The van der Waals surface area contributed by atoms with Crippen LogP contribution in [-0.4, -0.2) is 59.6 Å². The molecule has 0 atom stereocenters. The van der Waals surface area contributed by atoms with Crippen molar-refractivity contribution in [3.8, 4) is 5.82 Å². The van der Waals surface area contributed by atoms with E-state index in [2.05, 4.69) is 25.7 Å². The molecule has 1 aliphatic rings. The molecule has 5 rings (SSSR count). The quantitative estimate of drug-likeness (QED) is 0.160. The van der Waals surface area contributed by atoms with E-state index in [9.17, 15) is 40.3 Å². The van der Waals surface area contributed by atoms with Gasteiger partial charge in [-0.3, -0.25) is 9.59 Å². The summed E-state index contributed by atoms with van der Waals surface area (Å²) >= 11 is 12.5. The van der Waals surface area contributed by atoms with Crippen LogP contribution in [0.15, 0.2) is 42.7 Å². The maximum Gasteiger partial charge on any atom is 0.460 e. The fourth-order valence-electron chi connectivity index (χ4n) is 4.38. The van der Waals surface area contributed by atoms with Crippen LogP contribution < -0.4 is 5.32 Å². The zero-order valence-electron chi connectivity index (χ0n) is 22.8. The zero-order valence-corrected chi connectivity index (χ0v) is 24.4. The first-order valence-electron chi connectivity index (χ1n) is 13.1. The summed E-state index contributed by atoms with van der Waals surface area (Å²) in [5.41, 5.74) is -1.01. The van der Waals surface area contributed by atoms with Crippen molar-refractivity contribution in [3.05, 3.63) is 86.5 Å². The van der Waals surface area contributed by atoms with Gasteiger partial charge in [0.15, 0.2) is 17.3 Å². The molecule has 238 valence electrons. The van der Waals surface area contributed by atoms with Crippen molar-refractivity contribution in [1.82, 2.24) is 35.1 Å². The van der Waals surface area contributed by atoms with Crippen LogP contribution >= 0.6 is 23.2 Å². The summed E-state index contributed by atoms with van der Waals surface area (Å²) in [7, 11) is 0. The zero-order chi connectivity index (χ0) is 32.9. The van der Waals surface area contributed by atoms with Crippen molar-refractivity contribution in [2.75, 3.05) is 0 Å². The largest absolute Gasteiger partial charge is 0.460 e. The Labute approximate surface area is 259 Å². The first kappa shape index (κ1) is 32.3. The highest BCUT2D eigenvalue weighted by atomic mass is 35.5. The number of aryl methyl sites for hydroxylation is 1. The molecule has 1 aliphatic carbocycles. The molecule has 1 N–H and O–H groups in total. The summed E-state index contributed by atoms with van der Waals surface area (Å²) in [6, 6.07) is 7.22. The van der Waals surface area contributed by atoms with E-state index in [-0.39, 0.29) is 51.5 Å². The number of nitrogens with zero attached hydrogens (tertiary/aromatic N) is 6. The van der Waals surface area contributed by atoms with Crippen LogP contribution in [0.3, 0.4) is 0 Å². The van der Waals surface area contributed by atoms with Gasteiger partial charge in [-0.25, -0.2) is 14.3 Å². The molecule has 3 aromatic heterocycles. The molecule has 18 heteroatoms. The number of hydrogen-bond donors (Lipinski definition) is 1. The third kappa shape index (κ3) is 6.38. The normalized spacial score (nSPS) is 14.1. The minimum Gasteiger partial charge on any atom is -0.349 e. The molecule has 0 aliphatic heterocycles. The van der Waals surface area contributed by atoms with Crippen LogP contribution in [0.5, 0.6) is 0 Å². The SMILES string of the molecule is Cc1cc(Cl)cc(C(=O)NC2CC2)c1CC(=O)c1cc(Cn2cc(C(F)(F)C(F)(F)C(F)(F)F)nn2)nn1-c1ncccc1Cl. The van der Waals surface area contributed by atoms with Gasteiger partial charge in [0, 0.05) is 29.2 Å². The molecule has 0 spiro atoms. The number of ketones is 1. The Morgan fingerprint density at radius 3 is 2.42 bits per heavy atom. The molecule has 0 radical (unpaired) electrons. The van der Waals surface area contributed by atoms with Gasteiger partial charge in [0.2, 0.25) is 0 Å². The molecule has 1 amide bonds. The molecule has 45 heavy (non-hydrogen) atoms. The summed E-state index contributed by atoms with van der Waals surface area (Å²) in [6.45, 7) is 1.09. The van der Waals surface area contributed by atoms with Crippen molar-refractivity contribution in [2.45, 2.75) is 56.8 Å². The predicted octanol–water partition coefficient (Wildman–Crippen LogP) is 6.13. The number of pyridine rings is 1. The smallest absolute Gasteiger partial charge is 0.349 e. The predicted molar refractivity (Wildman–Crippen MR) is 145 cm³/mol. The van der Waals surface area contributed by atoms with E-state index in [1.165, 1.54) is 30.5 Å². The second kappa shape index (κ2) is 11.7. The van der Waals surface area contributed by atoms with Gasteiger partial charge in [-0.05, 0) is 61.2 Å². The Hall–Kier alpha value is -4.05. The summed E-state index contributed by atoms with van der Waals surface area (Å²) in [5, 5.41) is 13.5. The van der Waals surface area contributed by atoms with Gasteiger partial charge < -0.3 is 5.32 Å². The van der Waals surface area contributed by atoms with Gasteiger partial charge in [0.1, 0.15) is 5.69 Å². The minimum absolute atomic E-state index is 0.0103. The van der Waals surface area contributed by atoms with Crippen LogP contribution in [-0.2, 0) is 18.9 Å². The minimum atomic E-state index is -6.56. The van der Waals surface area contributed by atoms with E-state index in [1.807, 2.05) is 0 Å². The Balaban J connectivity index is 1.49. The first-order chi connectivity index (χ1) is 21.0. The van der Waals surface area contributed by atoms with Gasteiger partial charge in [-0.2, -0.15) is 35.8 Å². The summed E-state index contributed by atoms with van der Waals surface area (Å²) < 4.78 is 94.8. The molecule has 1 fully saturated rings. The van der Waals surface area contributed by atoms with E-state index in [0.717, 1.165) is 17.5 Å². The highest BCUT2D eigenvalue weighted by molar-refractivity contribution is 6.32. The molecule has 1 saturated carbocycles. The van der Waals surface area contributed by atoms with E-state index in [1.54, 1.807) is 13.0 Å². The molecular weight excluding hydrogens is 658 g/mol. The van der Waals surface area contributed by atoms with Gasteiger partial charge >= 0.3 is 18.0 Å². The Morgan fingerprint density at radius 1 is 1.07 bits per heavy atom. The van der Waals surface area contributed by atoms with Gasteiger partial charge in [-0.15, -0.1) is 5.10 Å². The Kier molecular flexibility index (Phi) is 8.42. The number of carbonyl (C=O) groups excluding carboxylic acids is 2. The molecule has 0 unspecified atom stereocenters. The Bertz CT molecular complexity index is 1790. The topological polar surface area (TPSA) is 108 Å². The number of amides is 1. The number of alkyl halides is 7. The van der Waals surface area contributed by atoms with Crippen LogP contribution in [0.1, 0.15) is 56.2 Å².